The molecule has 1 rings (SSSR count). The van der Waals surface area contributed by atoms with Crippen molar-refractivity contribution in [2.75, 3.05) is 14.2 Å². The minimum absolute atomic E-state index is 0.00521. The monoisotopic (exact) mass is 261 g/mol. The Labute approximate surface area is 88.2 Å². The summed E-state index contributed by atoms with van der Waals surface area (Å²) in [5, 5.41) is 0. The highest BCUT2D eigenvalue weighted by Gasteiger charge is 2.16. The predicted octanol–water partition coefficient (Wildman–Crippen LogP) is 0.933. The summed E-state index contributed by atoms with van der Waals surface area (Å²) in [6.45, 7) is 0. The molecule has 1 aromatic heterocycles. The smallest absolute Gasteiger partial charge is 0.358 e. The van der Waals surface area contributed by atoms with Gasteiger partial charge in [0.05, 0.1) is 18.8 Å². The molecule has 76 valence electrons. The van der Waals surface area contributed by atoms with Crippen LogP contribution in [0.5, 0.6) is 5.75 Å². The molecule has 0 bridgehead atoms. The zero-order valence-electron chi connectivity index (χ0n) is 7.59. The summed E-state index contributed by atoms with van der Waals surface area (Å²) in [4.78, 5) is 25.2. The number of aromatic amines is 1. The van der Waals surface area contributed by atoms with Gasteiger partial charge in [0, 0.05) is 6.07 Å². The number of esters is 1. The van der Waals surface area contributed by atoms with E-state index in [1.54, 1.807) is 0 Å². The summed E-state index contributed by atoms with van der Waals surface area (Å²) in [6.07, 6.45) is 0. The average molecular weight is 262 g/mol. The van der Waals surface area contributed by atoms with Gasteiger partial charge in [0.15, 0.2) is 11.4 Å². The fourth-order valence-corrected chi connectivity index (χ4v) is 1.37. The van der Waals surface area contributed by atoms with Crippen molar-refractivity contribution in [1.29, 1.82) is 0 Å². The van der Waals surface area contributed by atoms with E-state index in [0.29, 0.717) is 4.60 Å². The molecule has 0 spiro atoms. The van der Waals surface area contributed by atoms with Gasteiger partial charge in [-0.05, 0) is 15.9 Å². The van der Waals surface area contributed by atoms with Crippen LogP contribution >= 0.6 is 15.9 Å². The van der Waals surface area contributed by atoms with Crippen LogP contribution < -0.4 is 10.2 Å². The summed E-state index contributed by atoms with van der Waals surface area (Å²) in [7, 11) is 2.53. The van der Waals surface area contributed by atoms with Gasteiger partial charge in [0.2, 0.25) is 5.43 Å². The maximum absolute atomic E-state index is 11.3. The molecule has 0 aliphatic rings. The van der Waals surface area contributed by atoms with E-state index in [1.807, 2.05) is 0 Å². The van der Waals surface area contributed by atoms with E-state index in [9.17, 15) is 9.59 Å². The molecule has 0 aliphatic carbocycles. The zero-order valence-corrected chi connectivity index (χ0v) is 9.17. The van der Waals surface area contributed by atoms with E-state index in [0.717, 1.165) is 0 Å². The van der Waals surface area contributed by atoms with Crippen molar-refractivity contribution < 1.29 is 14.3 Å². The third-order valence-electron chi connectivity index (χ3n) is 1.55. The lowest BCUT2D eigenvalue weighted by molar-refractivity contribution is 0.0589. The summed E-state index contributed by atoms with van der Waals surface area (Å²) in [5.74, 6) is -0.708. The largest absolute Gasteiger partial charge is 0.491 e. The predicted molar refractivity (Wildman–Crippen MR) is 52.7 cm³/mol. The van der Waals surface area contributed by atoms with Crippen molar-refractivity contribution in [2.24, 2.45) is 0 Å². The molecule has 5 nitrogen and oxygen atoms in total. The summed E-state index contributed by atoms with van der Waals surface area (Å²) in [6, 6.07) is 1.27. The lowest BCUT2D eigenvalue weighted by Gasteiger charge is -2.05. The van der Waals surface area contributed by atoms with E-state index < -0.39 is 11.4 Å². The van der Waals surface area contributed by atoms with Gasteiger partial charge in [-0.15, -0.1) is 0 Å². The van der Waals surface area contributed by atoms with E-state index in [2.05, 4.69) is 25.7 Å². The van der Waals surface area contributed by atoms with Crippen molar-refractivity contribution >= 4 is 21.9 Å². The van der Waals surface area contributed by atoms with Crippen LogP contribution in [0.2, 0.25) is 0 Å². The standard InChI is InChI=1S/C8H8BrNO4/c1-13-7-4(11)3-5(9)10-6(7)8(12)14-2/h3H,1-2H3,(H,10,11). The molecule has 0 amide bonds. The maximum Gasteiger partial charge on any atom is 0.358 e. The Balaban J connectivity index is 3.39. The Kier molecular flexibility index (Phi) is 3.29. The van der Waals surface area contributed by atoms with E-state index in [1.165, 1.54) is 20.3 Å². The van der Waals surface area contributed by atoms with E-state index in [4.69, 9.17) is 4.74 Å². The fourth-order valence-electron chi connectivity index (χ4n) is 0.965. The maximum atomic E-state index is 11.3. The second kappa shape index (κ2) is 4.28. The Morgan fingerprint density at radius 3 is 2.64 bits per heavy atom. The number of carbonyl (C=O) groups is 1. The zero-order chi connectivity index (χ0) is 10.7. The van der Waals surface area contributed by atoms with Gasteiger partial charge in [-0.1, -0.05) is 0 Å². The third kappa shape index (κ3) is 1.95. The lowest BCUT2D eigenvalue weighted by atomic mass is 10.3. The van der Waals surface area contributed by atoms with Gasteiger partial charge in [-0.3, -0.25) is 4.79 Å². The van der Waals surface area contributed by atoms with Gasteiger partial charge in [-0.2, -0.15) is 0 Å². The van der Waals surface area contributed by atoms with Gasteiger partial charge < -0.3 is 14.5 Å². The van der Waals surface area contributed by atoms with Gasteiger partial charge >= 0.3 is 5.97 Å². The molecule has 0 saturated carbocycles. The number of H-pyrrole nitrogens is 1. The summed E-state index contributed by atoms with van der Waals surface area (Å²) in [5.41, 5.74) is -0.395. The highest BCUT2D eigenvalue weighted by molar-refractivity contribution is 9.10. The highest BCUT2D eigenvalue weighted by atomic mass is 79.9. The molecule has 1 aromatic rings. The normalized spacial score (nSPS) is 9.64. The van der Waals surface area contributed by atoms with Crippen LogP contribution in [0.15, 0.2) is 15.5 Å². The second-order valence-electron chi connectivity index (χ2n) is 2.38. The first-order chi connectivity index (χ1) is 6.60. The number of methoxy groups -OCH3 is 2. The molecule has 0 radical (unpaired) electrons. The van der Waals surface area contributed by atoms with Gasteiger partial charge in [0.1, 0.15) is 0 Å². The van der Waals surface area contributed by atoms with Crippen LogP contribution in [0.1, 0.15) is 10.5 Å². The Morgan fingerprint density at radius 1 is 1.50 bits per heavy atom. The minimum atomic E-state index is -0.653. The molecular weight excluding hydrogens is 254 g/mol. The number of aromatic nitrogens is 1. The topological polar surface area (TPSA) is 68.4 Å². The molecule has 0 unspecified atom stereocenters. The summed E-state index contributed by atoms with van der Waals surface area (Å²) < 4.78 is 9.66. The van der Waals surface area contributed by atoms with Crippen molar-refractivity contribution in [3.63, 3.8) is 0 Å². The number of rotatable bonds is 2. The molecule has 14 heavy (non-hydrogen) atoms. The van der Waals surface area contributed by atoms with Crippen molar-refractivity contribution in [3.8, 4) is 5.75 Å². The number of carbonyl (C=O) groups excluding carboxylic acids is 1. The molecule has 1 N–H and O–H groups in total. The number of halogens is 1. The first-order valence-electron chi connectivity index (χ1n) is 3.65. The Morgan fingerprint density at radius 2 is 2.14 bits per heavy atom. The molecule has 0 atom stereocenters. The molecular formula is C8H8BrNO4. The molecule has 0 saturated heterocycles. The van der Waals surface area contributed by atoms with Gasteiger partial charge in [0.25, 0.3) is 0 Å². The van der Waals surface area contributed by atoms with Crippen LogP contribution in [-0.4, -0.2) is 25.2 Å². The van der Waals surface area contributed by atoms with Crippen molar-refractivity contribution in [1.82, 2.24) is 4.98 Å². The second-order valence-corrected chi connectivity index (χ2v) is 3.24. The van der Waals surface area contributed by atoms with Crippen LogP contribution in [0, 0.1) is 0 Å². The third-order valence-corrected chi connectivity index (χ3v) is 1.97. The number of hydrogen-bond acceptors (Lipinski definition) is 4. The first kappa shape index (κ1) is 10.8. The molecule has 0 aromatic carbocycles. The average Bonchev–Trinajstić information content (AvgIpc) is 2.15. The highest BCUT2D eigenvalue weighted by Crippen LogP contribution is 2.14. The van der Waals surface area contributed by atoms with Crippen LogP contribution in [0.25, 0.3) is 0 Å². The van der Waals surface area contributed by atoms with Crippen LogP contribution in [0.3, 0.4) is 0 Å². The number of nitrogens with one attached hydrogen (secondary N) is 1. The first-order valence-corrected chi connectivity index (χ1v) is 4.44. The number of pyridine rings is 1. The van der Waals surface area contributed by atoms with Crippen LogP contribution in [0.4, 0.5) is 0 Å². The molecule has 1 heterocycles. The quantitative estimate of drug-likeness (QED) is 0.636. The lowest BCUT2D eigenvalue weighted by Crippen LogP contribution is -2.15. The van der Waals surface area contributed by atoms with Gasteiger partial charge in [-0.25, -0.2) is 4.79 Å². The Hall–Kier alpha value is -1.30. The fraction of sp³-hybridized carbons (Fsp3) is 0.250. The van der Waals surface area contributed by atoms with Crippen molar-refractivity contribution in [3.05, 3.63) is 26.6 Å². The van der Waals surface area contributed by atoms with Crippen LogP contribution in [-0.2, 0) is 4.74 Å². The van der Waals surface area contributed by atoms with E-state index in [-0.39, 0.29) is 11.4 Å². The molecule has 0 aliphatic heterocycles. The molecule has 0 fully saturated rings. The van der Waals surface area contributed by atoms with Crippen molar-refractivity contribution in [2.45, 2.75) is 0 Å². The summed E-state index contributed by atoms with van der Waals surface area (Å²) >= 11 is 3.05. The number of hydrogen-bond donors (Lipinski definition) is 1. The number of ether oxygens (including phenoxy) is 2. The Bertz CT molecular complexity index is 412. The minimum Gasteiger partial charge on any atom is -0.491 e. The van der Waals surface area contributed by atoms with E-state index >= 15 is 0 Å². The SMILES string of the molecule is COC(=O)c1[nH]c(Br)cc(=O)c1OC. The molecule has 6 heteroatoms.